The zero-order chi connectivity index (χ0) is 41.8. The molecule has 63 heavy (non-hydrogen) atoms. The normalized spacial score (nSPS) is 13.0. The van der Waals surface area contributed by atoms with Crippen LogP contribution in [-0.2, 0) is 5.41 Å². The molecule has 0 fully saturated rings. The van der Waals surface area contributed by atoms with E-state index in [1.807, 2.05) is 0 Å². The summed E-state index contributed by atoms with van der Waals surface area (Å²) in [6.07, 6.45) is 0. The lowest BCUT2D eigenvalue weighted by Gasteiger charge is -2.29. The quantitative estimate of drug-likeness (QED) is 0.157. The van der Waals surface area contributed by atoms with E-state index in [-0.39, 0.29) is 5.41 Å². The van der Waals surface area contributed by atoms with Crippen molar-refractivity contribution < 1.29 is 0 Å². The molecule has 0 saturated heterocycles. The van der Waals surface area contributed by atoms with E-state index < -0.39 is 0 Å². The Bertz CT molecular complexity index is 3820. The molecule has 1 aliphatic rings. The molecule has 0 spiro atoms. The molecular weight excluding hydrogens is 761 g/mol. The Morgan fingerprint density at radius 1 is 0.381 bits per heavy atom. The standard InChI is InChI=1S/C61H42N2/c1-61(2)55-37-43(62(57-28-14-18-40-16-4-6-20-47(40)57)42-31-29-41(30-32-42)46-26-13-17-39-15-3-5-19-45(39)46)33-35-50(55)51-36-34-44(38-56(51)61)63-58-27-12-11-25-54(58)59-52-23-9-7-21-48(52)49-22-8-10-24-53(49)60(59)63/h3-38H,1-2H3. The molecule has 0 atom stereocenters. The highest BCUT2D eigenvalue weighted by Gasteiger charge is 2.37. The number of rotatable bonds is 5. The maximum atomic E-state index is 2.52. The van der Waals surface area contributed by atoms with Gasteiger partial charge in [0.1, 0.15) is 0 Å². The molecule has 0 saturated carbocycles. The Morgan fingerprint density at radius 3 is 1.68 bits per heavy atom. The van der Waals surface area contributed by atoms with Gasteiger partial charge in [-0.1, -0.05) is 184 Å². The molecule has 12 aromatic rings. The minimum absolute atomic E-state index is 0.257. The molecule has 11 aromatic carbocycles. The Balaban J connectivity index is 0.972. The van der Waals surface area contributed by atoms with Crippen LogP contribution in [0, 0.1) is 0 Å². The number of para-hydroxylation sites is 1. The van der Waals surface area contributed by atoms with Gasteiger partial charge in [0.25, 0.3) is 0 Å². The van der Waals surface area contributed by atoms with Crippen LogP contribution in [0.5, 0.6) is 0 Å². The number of aromatic nitrogens is 1. The van der Waals surface area contributed by atoms with E-state index in [0.29, 0.717) is 0 Å². The predicted molar refractivity (Wildman–Crippen MR) is 268 cm³/mol. The van der Waals surface area contributed by atoms with Crippen molar-refractivity contribution in [3.8, 4) is 27.9 Å². The summed E-state index contributed by atoms with van der Waals surface area (Å²) in [6, 6.07) is 80.9. The fourth-order valence-electron chi connectivity index (χ4n) is 11.0. The van der Waals surface area contributed by atoms with Crippen LogP contribution in [0.4, 0.5) is 17.1 Å². The molecular formula is C61H42N2. The molecule has 0 unspecified atom stereocenters. The largest absolute Gasteiger partial charge is 0.310 e. The van der Waals surface area contributed by atoms with Gasteiger partial charge < -0.3 is 9.47 Å². The maximum absolute atomic E-state index is 2.52. The number of hydrogen-bond donors (Lipinski definition) is 0. The van der Waals surface area contributed by atoms with Crippen molar-refractivity contribution in [1.29, 1.82) is 0 Å². The van der Waals surface area contributed by atoms with Gasteiger partial charge in [-0.15, -0.1) is 0 Å². The number of anilines is 3. The molecule has 13 rings (SSSR count). The summed E-state index contributed by atoms with van der Waals surface area (Å²) >= 11 is 0. The van der Waals surface area contributed by atoms with Crippen LogP contribution in [0.25, 0.3) is 92.8 Å². The second-order valence-corrected chi connectivity index (χ2v) is 17.7. The van der Waals surface area contributed by atoms with E-state index in [1.165, 1.54) is 104 Å². The lowest BCUT2D eigenvalue weighted by molar-refractivity contribution is 0.660. The first-order valence-electron chi connectivity index (χ1n) is 22.0. The monoisotopic (exact) mass is 802 g/mol. The summed E-state index contributed by atoms with van der Waals surface area (Å²) in [7, 11) is 0. The average molecular weight is 803 g/mol. The smallest absolute Gasteiger partial charge is 0.0625 e. The number of hydrogen-bond acceptors (Lipinski definition) is 1. The van der Waals surface area contributed by atoms with Crippen LogP contribution in [0.1, 0.15) is 25.0 Å². The fraction of sp³-hybridized carbons (Fsp3) is 0.0492. The first-order chi connectivity index (χ1) is 31.0. The van der Waals surface area contributed by atoms with Gasteiger partial charge in [-0.2, -0.15) is 0 Å². The van der Waals surface area contributed by atoms with Crippen LogP contribution in [-0.4, -0.2) is 4.57 Å². The molecule has 0 radical (unpaired) electrons. The highest BCUT2D eigenvalue weighted by atomic mass is 15.1. The maximum Gasteiger partial charge on any atom is 0.0625 e. The predicted octanol–water partition coefficient (Wildman–Crippen LogP) is 16.8. The summed E-state index contributed by atoms with van der Waals surface area (Å²) in [6.45, 7) is 4.81. The minimum atomic E-state index is -0.257. The van der Waals surface area contributed by atoms with Crippen molar-refractivity contribution in [2.75, 3.05) is 4.90 Å². The van der Waals surface area contributed by atoms with Crippen molar-refractivity contribution in [3.63, 3.8) is 0 Å². The Hall–Kier alpha value is -7.94. The second kappa shape index (κ2) is 13.5. The summed E-state index contributed by atoms with van der Waals surface area (Å²) < 4.78 is 2.52. The molecule has 1 heterocycles. The molecule has 0 N–H and O–H groups in total. The number of nitrogens with zero attached hydrogens (tertiary/aromatic N) is 2. The highest BCUT2D eigenvalue weighted by molar-refractivity contribution is 6.32. The first-order valence-corrected chi connectivity index (χ1v) is 22.0. The number of benzene rings is 11. The molecule has 2 nitrogen and oxygen atoms in total. The van der Waals surface area contributed by atoms with Crippen molar-refractivity contribution in [3.05, 3.63) is 230 Å². The van der Waals surface area contributed by atoms with Gasteiger partial charge in [-0.25, -0.2) is 0 Å². The topological polar surface area (TPSA) is 8.17 Å². The molecule has 0 amide bonds. The zero-order valence-corrected chi connectivity index (χ0v) is 35.2. The molecule has 0 bridgehead atoms. The summed E-state index contributed by atoms with van der Waals surface area (Å²) in [5.41, 5.74) is 14.6. The van der Waals surface area contributed by atoms with Gasteiger partial charge in [0, 0.05) is 44.0 Å². The van der Waals surface area contributed by atoms with Crippen LogP contribution < -0.4 is 4.90 Å². The van der Waals surface area contributed by atoms with Gasteiger partial charge in [-0.3, -0.25) is 0 Å². The van der Waals surface area contributed by atoms with Crippen molar-refractivity contribution >= 4 is 82.0 Å². The Kier molecular flexibility index (Phi) is 7.68. The van der Waals surface area contributed by atoms with E-state index in [4.69, 9.17) is 0 Å². The van der Waals surface area contributed by atoms with Crippen molar-refractivity contribution in [2.45, 2.75) is 19.3 Å². The van der Waals surface area contributed by atoms with Gasteiger partial charge in [0.15, 0.2) is 0 Å². The van der Waals surface area contributed by atoms with Crippen LogP contribution in [0.3, 0.4) is 0 Å². The third-order valence-corrected chi connectivity index (χ3v) is 13.9. The molecule has 2 heteroatoms. The average Bonchev–Trinajstić information content (AvgIpc) is 3.80. The summed E-state index contributed by atoms with van der Waals surface area (Å²) in [4.78, 5) is 2.45. The van der Waals surface area contributed by atoms with Crippen LogP contribution >= 0.6 is 0 Å². The zero-order valence-electron chi connectivity index (χ0n) is 35.2. The van der Waals surface area contributed by atoms with Crippen molar-refractivity contribution in [2.24, 2.45) is 0 Å². The van der Waals surface area contributed by atoms with E-state index in [0.717, 1.165) is 17.1 Å². The van der Waals surface area contributed by atoms with Crippen LogP contribution in [0.15, 0.2) is 218 Å². The summed E-state index contributed by atoms with van der Waals surface area (Å²) in [5.74, 6) is 0. The molecule has 1 aromatic heterocycles. The lowest BCUT2D eigenvalue weighted by Crippen LogP contribution is -2.17. The van der Waals surface area contributed by atoms with E-state index in [9.17, 15) is 0 Å². The van der Waals surface area contributed by atoms with Gasteiger partial charge in [0.05, 0.1) is 16.7 Å². The fourth-order valence-corrected chi connectivity index (χ4v) is 11.0. The lowest BCUT2D eigenvalue weighted by atomic mass is 9.82. The van der Waals surface area contributed by atoms with E-state index in [2.05, 4.69) is 242 Å². The van der Waals surface area contributed by atoms with Gasteiger partial charge >= 0.3 is 0 Å². The van der Waals surface area contributed by atoms with E-state index in [1.54, 1.807) is 0 Å². The Labute approximate surface area is 366 Å². The second-order valence-electron chi connectivity index (χ2n) is 17.7. The van der Waals surface area contributed by atoms with E-state index >= 15 is 0 Å². The third-order valence-electron chi connectivity index (χ3n) is 13.9. The first kappa shape index (κ1) is 35.8. The third kappa shape index (κ3) is 5.25. The number of fused-ring (bicyclic) bond motifs is 13. The molecule has 0 aliphatic heterocycles. The highest BCUT2D eigenvalue weighted by Crippen LogP contribution is 2.52. The summed E-state index contributed by atoms with van der Waals surface area (Å²) in [5, 5.41) is 12.7. The van der Waals surface area contributed by atoms with Crippen molar-refractivity contribution in [1.82, 2.24) is 4.57 Å². The SMILES string of the molecule is CC1(C)c2cc(N(c3ccc(-c4cccc5ccccc45)cc3)c3cccc4ccccc34)ccc2-c2ccc(-n3c4ccccc4c4c5ccccc5c5ccccc5c43)cc21. The Morgan fingerprint density at radius 2 is 0.921 bits per heavy atom. The molecule has 1 aliphatic carbocycles. The molecule has 296 valence electrons. The van der Waals surface area contributed by atoms with Gasteiger partial charge in [-0.05, 0) is 114 Å². The van der Waals surface area contributed by atoms with Gasteiger partial charge in [0.2, 0.25) is 0 Å². The minimum Gasteiger partial charge on any atom is -0.310 e. The van der Waals surface area contributed by atoms with Crippen LogP contribution in [0.2, 0.25) is 0 Å².